The van der Waals surface area contributed by atoms with Crippen LogP contribution in [0.15, 0.2) is 24.3 Å². The van der Waals surface area contributed by atoms with Gasteiger partial charge in [0.05, 0.1) is 5.92 Å². The van der Waals surface area contributed by atoms with Crippen LogP contribution in [0.3, 0.4) is 0 Å². The fraction of sp³-hybridized carbons (Fsp3) is 0.611. The Balaban J connectivity index is 0.00000144. The third-order valence-electron chi connectivity index (χ3n) is 5.67. The van der Waals surface area contributed by atoms with Crippen molar-refractivity contribution in [3.63, 3.8) is 0 Å². The Kier molecular flexibility index (Phi) is 4.74. The zero-order valence-electron chi connectivity index (χ0n) is 13.0. The lowest BCUT2D eigenvalue weighted by atomic mass is 9.80. The van der Waals surface area contributed by atoms with Gasteiger partial charge in [-0.2, -0.15) is 0 Å². The number of carbonyl (C=O) groups is 1. The number of halogens is 1. The van der Waals surface area contributed by atoms with E-state index in [9.17, 15) is 4.79 Å². The lowest BCUT2D eigenvalue weighted by molar-refractivity contribution is -0.125. The molecule has 3 fully saturated rings. The van der Waals surface area contributed by atoms with Crippen molar-refractivity contribution < 1.29 is 4.79 Å². The van der Waals surface area contributed by atoms with Crippen molar-refractivity contribution >= 4 is 18.3 Å². The molecule has 0 unspecified atom stereocenters. The Morgan fingerprint density at radius 3 is 2.64 bits per heavy atom. The van der Waals surface area contributed by atoms with Crippen molar-refractivity contribution in [1.82, 2.24) is 10.2 Å². The molecule has 2 atom stereocenters. The Morgan fingerprint density at radius 1 is 1.14 bits per heavy atom. The first-order valence-corrected chi connectivity index (χ1v) is 8.42. The van der Waals surface area contributed by atoms with Gasteiger partial charge >= 0.3 is 0 Å². The lowest BCUT2D eigenvalue weighted by Crippen LogP contribution is -2.57. The minimum Gasteiger partial charge on any atom is -0.351 e. The SMILES string of the molecule is Cl.O=C(N[C@@H]1CN2CCC1CC2)[C@@H]1CCCc2ccccc21. The molecule has 3 saturated heterocycles. The number of nitrogens with zero attached hydrogens (tertiary/aromatic N) is 1. The van der Waals surface area contributed by atoms with Crippen LogP contribution in [-0.2, 0) is 11.2 Å². The van der Waals surface area contributed by atoms with Crippen LogP contribution in [-0.4, -0.2) is 36.5 Å². The maximum absolute atomic E-state index is 12.8. The molecule has 1 N–H and O–H groups in total. The molecule has 4 aliphatic rings. The van der Waals surface area contributed by atoms with E-state index in [1.165, 1.54) is 37.1 Å². The van der Waals surface area contributed by atoms with Crippen LogP contribution in [0.1, 0.15) is 42.7 Å². The highest BCUT2D eigenvalue weighted by atomic mass is 35.5. The lowest BCUT2D eigenvalue weighted by Gasteiger charge is -2.45. The highest BCUT2D eigenvalue weighted by molar-refractivity contribution is 5.85. The number of carbonyl (C=O) groups excluding carboxylic acids is 1. The molecule has 4 heteroatoms. The summed E-state index contributed by atoms with van der Waals surface area (Å²) in [7, 11) is 0. The molecule has 0 spiro atoms. The molecule has 120 valence electrons. The van der Waals surface area contributed by atoms with Gasteiger partial charge in [-0.15, -0.1) is 12.4 Å². The molecule has 3 nitrogen and oxygen atoms in total. The Morgan fingerprint density at radius 2 is 1.91 bits per heavy atom. The number of amides is 1. The minimum atomic E-state index is 0. The van der Waals surface area contributed by atoms with E-state index in [2.05, 4.69) is 34.5 Å². The quantitative estimate of drug-likeness (QED) is 0.908. The molecule has 1 amide bonds. The van der Waals surface area contributed by atoms with E-state index < -0.39 is 0 Å². The predicted molar refractivity (Wildman–Crippen MR) is 90.5 cm³/mol. The standard InChI is InChI=1S/C18H24N2O.ClH/c21-18(19-17-12-20-10-8-14(17)9-11-20)16-7-3-5-13-4-1-2-6-15(13)16;/h1-2,4,6,14,16-17H,3,5,7-12H2,(H,19,21);1H/t16-,17-;/m1./s1. The summed E-state index contributed by atoms with van der Waals surface area (Å²) in [6.07, 6.45) is 5.78. The number of piperidine rings is 3. The van der Waals surface area contributed by atoms with E-state index >= 15 is 0 Å². The normalized spacial score (nSPS) is 32.7. The maximum atomic E-state index is 12.8. The van der Waals surface area contributed by atoms with Crippen LogP contribution >= 0.6 is 12.4 Å². The van der Waals surface area contributed by atoms with E-state index in [0.717, 1.165) is 25.8 Å². The van der Waals surface area contributed by atoms with Gasteiger partial charge in [-0.25, -0.2) is 0 Å². The van der Waals surface area contributed by atoms with E-state index in [-0.39, 0.29) is 24.2 Å². The summed E-state index contributed by atoms with van der Waals surface area (Å²) >= 11 is 0. The van der Waals surface area contributed by atoms with Crippen molar-refractivity contribution in [2.45, 2.75) is 44.1 Å². The van der Waals surface area contributed by atoms with Crippen LogP contribution in [0, 0.1) is 5.92 Å². The summed E-state index contributed by atoms with van der Waals surface area (Å²) in [5.74, 6) is 1.05. The highest BCUT2D eigenvalue weighted by Crippen LogP contribution is 2.33. The number of rotatable bonds is 2. The first-order valence-electron chi connectivity index (χ1n) is 8.42. The second kappa shape index (κ2) is 6.59. The van der Waals surface area contributed by atoms with Crippen LogP contribution in [0.4, 0.5) is 0 Å². The zero-order chi connectivity index (χ0) is 14.2. The number of aryl methyl sites for hydroxylation is 1. The van der Waals surface area contributed by atoms with Gasteiger partial charge in [0.2, 0.25) is 5.91 Å². The van der Waals surface area contributed by atoms with Gasteiger partial charge < -0.3 is 10.2 Å². The third-order valence-corrected chi connectivity index (χ3v) is 5.67. The van der Waals surface area contributed by atoms with Crippen LogP contribution in [0.5, 0.6) is 0 Å². The summed E-state index contributed by atoms with van der Waals surface area (Å²) in [6, 6.07) is 8.87. The molecule has 2 bridgehead atoms. The van der Waals surface area contributed by atoms with E-state index in [0.29, 0.717) is 12.0 Å². The molecule has 1 aromatic rings. The summed E-state index contributed by atoms with van der Waals surface area (Å²) in [5.41, 5.74) is 2.64. The summed E-state index contributed by atoms with van der Waals surface area (Å²) in [4.78, 5) is 15.3. The maximum Gasteiger partial charge on any atom is 0.227 e. The van der Waals surface area contributed by atoms with Crippen molar-refractivity contribution in [2.24, 2.45) is 5.92 Å². The van der Waals surface area contributed by atoms with E-state index in [1.54, 1.807) is 0 Å². The molecule has 0 aromatic heterocycles. The average Bonchev–Trinajstić information content (AvgIpc) is 2.55. The molecule has 3 aliphatic heterocycles. The van der Waals surface area contributed by atoms with Gasteiger partial charge in [-0.05, 0) is 62.2 Å². The van der Waals surface area contributed by atoms with E-state index in [4.69, 9.17) is 0 Å². The van der Waals surface area contributed by atoms with Gasteiger partial charge in [-0.1, -0.05) is 24.3 Å². The molecule has 1 aliphatic carbocycles. The summed E-state index contributed by atoms with van der Waals surface area (Å²) in [6.45, 7) is 3.51. The number of hydrogen-bond acceptors (Lipinski definition) is 2. The van der Waals surface area contributed by atoms with E-state index in [1.807, 2.05) is 0 Å². The van der Waals surface area contributed by atoms with Crippen molar-refractivity contribution in [3.8, 4) is 0 Å². The Hall–Kier alpha value is -1.06. The molecule has 1 aromatic carbocycles. The number of hydrogen-bond donors (Lipinski definition) is 1. The van der Waals surface area contributed by atoms with Gasteiger partial charge in [0.1, 0.15) is 0 Å². The fourth-order valence-electron chi connectivity index (χ4n) is 4.44. The molecule has 0 radical (unpaired) electrons. The van der Waals surface area contributed by atoms with Crippen LogP contribution in [0.25, 0.3) is 0 Å². The van der Waals surface area contributed by atoms with Crippen LogP contribution < -0.4 is 5.32 Å². The second-order valence-electron chi connectivity index (χ2n) is 6.90. The topological polar surface area (TPSA) is 32.3 Å². The largest absolute Gasteiger partial charge is 0.351 e. The molecule has 3 heterocycles. The van der Waals surface area contributed by atoms with Crippen LogP contribution in [0.2, 0.25) is 0 Å². The molecule has 5 rings (SSSR count). The van der Waals surface area contributed by atoms with Crippen molar-refractivity contribution in [1.29, 1.82) is 0 Å². The first kappa shape index (κ1) is 15.8. The number of benzene rings is 1. The Bertz CT molecular complexity index is 540. The van der Waals surface area contributed by atoms with Gasteiger partial charge in [-0.3, -0.25) is 4.79 Å². The van der Waals surface area contributed by atoms with Gasteiger partial charge in [0, 0.05) is 12.6 Å². The Labute approximate surface area is 138 Å². The molecule has 22 heavy (non-hydrogen) atoms. The minimum absolute atomic E-state index is 0. The van der Waals surface area contributed by atoms with Crippen molar-refractivity contribution in [3.05, 3.63) is 35.4 Å². The zero-order valence-corrected chi connectivity index (χ0v) is 13.8. The van der Waals surface area contributed by atoms with Gasteiger partial charge in [0.15, 0.2) is 0 Å². The predicted octanol–water partition coefficient (Wildman–Crippen LogP) is 2.74. The molecule has 0 saturated carbocycles. The monoisotopic (exact) mass is 320 g/mol. The second-order valence-corrected chi connectivity index (χ2v) is 6.90. The summed E-state index contributed by atoms with van der Waals surface area (Å²) in [5, 5.41) is 3.38. The molecular weight excluding hydrogens is 296 g/mol. The average molecular weight is 321 g/mol. The van der Waals surface area contributed by atoms with Crippen molar-refractivity contribution in [2.75, 3.05) is 19.6 Å². The smallest absolute Gasteiger partial charge is 0.227 e. The molecular formula is C18H25ClN2O. The van der Waals surface area contributed by atoms with Gasteiger partial charge in [0.25, 0.3) is 0 Å². The first-order chi connectivity index (χ1) is 10.3. The summed E-state index contributed by atoms with van der Waals surface area (Å²) < 4.78 is 0. The fourth-order valence-corrected chi connectivity index (χ4v) is 4.44. The highest BCUT2D eigenvalue weighted by Gasteiger charge is 2.36. The number of fused-ring (bicyclic) bond motifs is 4. The number of nitrogens with one attached hydrogen (secondary N) is 1. The third kappa shape index (κ3) is 2.89.